The lowest BCUT2D eigenvalue weighted by Crippen LogP contribution is -2.48. The van der Waals surface area contributed by atoms with Crippen LogP contribution in [0, 0.1) is 6.92 Å². The molecule has 2 aromatic rings. The van der Waals surface area contributed by atoms with E-state index < -0.39 is 0 Å². The van der Waals surface area contributed by atoms with Crippen molar-refractivity contribution in [1.29, 1.82) is 0 Å². The SMILES string of the molecule is Cc1ccccc1CN1CCN(C(=O)c2ccc(S[C@H]3CCOC3=O)cc2)CC1. The minimum Gasteiger partial charge on any atom is -0.465 e. The molecule has 1 atom stereocenters. The number of benzene rings is 2. The molecule has 2 aromatic carbocycles. The first-order chi connectivity index (χ1) is 14.1. The van der Waals surface area contributed by atoms with E-state index in [1.807, 2.05) is 29.2 Å². The number of carbonyl (C=O) groups is 2. The second kappa shape index (κ2) is 9.01. The van der Waals surface area contributed by atoms with Crippen LogP contribution in [0.5, 0.6) is 0 Å². The van der Waals surface area contributed by atoms with Crippen LogP contribution in [0.2, 0.25) is 0 Å². The van der Waals surface area contributed by atoms with Gasteiger partial charge < -0.3 is 9.64 Å². The van der Waals surface area contributed by atoms with Crippen LogP contribution in [0.3, 0.4) is 0 Å². The van der Waals surface area contributed by atoms with Crippen LogP contribution in [0.4, 0.5) is 0 Å². The summed E-state index contributed by atoms with van der Waals surface area (Å²) in [5.41, 5.74) is 3.37. The zero-order valence-corrected chi connectivity index (χ0v) is 17.5. The molecule has 0 aliphatic carbocycles. The molecular weight excluding hydrogens is 384 g/mol. The molecule has 0 saturated carbocycles. The van der Waals surface area contributed by atoms with E-state index in [1.54, 1.807) is 0 Å². The van der Waals surface area contributed by atoms with Crippen molar-refractivity contribution in [2.45, 2.75) is 30.0 Å². The number of cyclic esters (lactones) is 1. The highest BCUT2D eigenvalue weighted by molar-refractivity contribution is 8.00. The highest BCUT2D eigenvalue weighted by Gasteiger charge is 2.27. The second-order valence-corrected chi connectivity index (χ2v) is 8.86. The van der Waals surface area contributed by atoms with Crippen molar-refractivity contribution in [2.24, 2.45) is 0 Å². The molecule has 1 amide bonds. The number of piperazine rings is 1. The smallest absolute Gasteiger partial charge is 0.319 e. The van der Waals surface area contributed by atoms with Crippen molar-refractivity contribution in [2.75, 3.05) is 32.8 Å². The second-order valence-electron chi connectivity index (χ2n) is 7.58. The average Bonchev–Trinajstić information content (AvgIpc) is 3.15. The Balaban J connectivity index is 1.30. The molecule has 2 aliphatic heterocycles. The molecular formula is C23H26N2O3S. The first-order valence-electron chi connectivity index (χ1n) is 10.1. The molecule has 0 N–H and O–H groups in total. The van der Waals surface area contributed by atoms with Gasteiger partial charge in [0.15, 0.2) is 0 Å². The highest BCUT2D eigenvalue weighted by atomic mass is 32.2. The van der Waals surface area contributed by atoms with Crippen LogP contribution in [0.25, 0.3) is 0 Å². The van der Waals surface area contributed by atoms with Crippen LogP contribution in [0.1, 0.15) is 27.9 Å². The van der Waals surface area contributed by atoms with Crippen molar-refractivity contribution >= 4 is 23.6 Å². The van der Waals surface area contributed by atoms with Gasteiger partial charge in [-0.05, 0) is 42.3 Å². The Morgan fingerprint density at radius 3 is 2.45 bits per heavy atom. The van der Waals surface area contributed by atoms with E-state index in [-0.39, 0.29) is 17.1 Å². The van der Waals surface area contributed by atoms with Crippen LogP contribution in [0.15, 0.2) is 53.4 Å². The minimum atomic E-state index is -0.140. The predicted octanol–water partition coefficient (Wildman–Crippen LogP) is 3.36. The number of carbonyl (C=O) groups excluding carboxylic acids is 2. The van der Waals surface area contributed by atoms with Crippen LogP contribution in [-0.4, -0.2) is 59.7 Å². The highest BCUT2D eigenvalue weighted by Crippen LogP contribution is 2.29. The Morgan fingerprint density at radius 2 is 1.79 bits per heavy atom. The first kappa shape index (κ1) is 20.0. The summed E-state index contributed by atoms with van der Waals surface area (Å²) in [6.07, 6.45) is 0.747. The van der Waals surface area contributed by atoms with Gasteiger partial charge in [0, 0.05) is 49.6 Å². The van der Waals surface area contributed by atoms with E-state index in [0.717, 1.165) is 44.0 Å². The molecule has 2 saturated heterocycles. The van der Waals surface area contributed by atoms with Crippen LogP contribution in [-0.2, 0) is 16.1 Å². The summed E-state index contributed by atoms with van der Waals surface area (Å²) < 4.78 is 5.01. The van der Waals surface area contributed by atoms with E-state index in [4.69, 9.17) is 4.74 Å². The molecule has 0 spiro atoms. The van der Waals surface area contributed by atoms with Gasteiger partial charge in [-0.15, -0.1) is 11.8 Å². The minimum absolute atomic E-state index is 0.0809. The fraction of sp³-hybridized carbons (Fsp3) is 0.391. The lowest BCUT2D eigenvalue weighted by atomic mass is 10.1. The van der Waals surface area contributed by atoms with Gasteiger partial charge in [-0.1, -0.05) is 24.3 Å². The third kappa shape index (κ3) is 4.82. The quantitative estimate of drug-likeness (QED) is 0.708. The molecule has 2 fully saturated rings. The Labute approximate surface area is 176 Å². The van der Waals surface area contributed by atoms with Crippen molar-refractivity contribution in [1.82, 2.24) is 9.80 Å². The van der Waals surface area contributed by atoms with Crippen molar-refractivity contribution in [3.05, 3.63) is 65.2 Å². The first-order valence-corrected chi connectivity index (χ1v) is 11.0. The number of hydrogen-bond donors (Lipinski definition) is 0. The topological polar surface area (TPSA) is 49.9 Å². The lowest BCUT2D eigenvalue weighted by molar-refractivity contribution is -0.137. The van der Waals surface area contributed by atoms with Gasteiger partial charge in [0.05, 0.1) is 6.61 Å². The number of hydrogen-bond acceptors (Lipinski definition) is 5. The predicted molar refractivity (Wildman–Crippen MR) is 114 cm³/mol. The maximum atomic E-state index is 12.9. The molecule has 0 unspecified atom stereocenters. The van der Waals surface area contributed by atoms with Crippen LogP contribution >= 0.6 is 11.8 Å². The number of esters is 1. The summed E-state index contributed by atoms with van der Waals surface area (Å²) in [5, 5.41) is -0.127. The number of ether oxygens (including phenoxy) is 1. The summed E-state index contributed by atoms with van der Waals surface area (Å²) in [6.45, 7) is 6.85. The van der Waals surface area contributed by atoms with E-state index in [0.29, 0.717) is 12.2 Å². The number of aryl methyl sites for hydroxylation is 1. The zero-order valence-electron chi connectivity index (χ0n) is 16.7. The van der Waals surface area contributed by atoms with Gasteiger partial charge >= 0.3 is 5.97 Å². The van der Waals surface area contributed by atoms with E-state index >= 15 is 0 Å². The molecule has 29 heavy (non-hydrogen) atoms. The van der Waals surface area contributed by atoms with Gasteiger partial charge in [-0.3, -0.25) is 14.5 Å². The monoisotopic (exact) mass is 410 g/mol. The lowest BCUT2D eigenvalue weighted by Gasteiger charge is -2.35. The van der Waals surface area contributed by atoms with Crippen molar-refractivity contribution < 1.29 is 14.3 Å². The normalized spacial score (nSPS) is 20.0. The van der Waals surface area contributed by atoms with Crippen molar-refractivity contribution in [3.8, 4) is 0 Å². The largest absolute Gasteiger partial charge is 0.465 e. The standard InChI is InChI=1S/C23H26N2O3S/c1-17-4-2-3-5-19(17)16-24-11-13-25(14-12-24)22(26)18-6-8-20(9-7-18)29-21-10-15-28-23(21)27/h2-9,21H,10-16H2,1H3/t21-/m0/s1. The van der Waals surface area contributed by atoms with E-state index in [1.165, 1.54) is 22.9 Å². The third-order valence-corrected chi connectivity index (χ3v) is 6.84. The molecule has 6 heteroatoms. The van der Waals surface area contributed by atoms with E-state index in [2.05, 4.69) is 36.1 Å². The number of nitrogens with zero attached hydrogens (tertiary/aromatic N) is 2. The molecule has 4 rings (SSSR count). The molecule has 0 aromatic heterocycles. The third-order valence-electron chi connectivity index (χ3n) is 5.58. The number of amides is 1. The van der Waals surface area contributed by atoms with Gasteiger partial charge in [0.2, 0.25) is 0 Å². The maximum Gasteiger partial charge on any atom is 0.319 e. The Bertz CT molecular complexity index is 876. The Kier molecular flexibility index (Phi) is 6.21. The Morgan fingerprint density at radius 1 is 1.07 bits per heavy atom. The van der Waals surface area contributed by atoms with Gasteiger partial charge in [-0.25, -0.2) is 0 Å². The zero-order chi connectivity index (χ0) is 20.2. The maximum absolute atomic E-state index is 12.9. The molecule has 0 radical (unpaired) electrons. The Hall–Kier alpha value is -2.31. The fourth-order valence-electron chi connectivity index (χ4n) is 3.74. The fourth-order valence-corrected chi connectivity index (χ4v) is 4.74. The summed E-state index contributed by atoms with van der Waals surface area (Å²) in [5.74, 6) is -0.0592. The summed E-state index contributed by atoms with van der Waals surface area (Å²) in [7, 11) is 0. The summed E-state index contributed by atoms with van der Waals surface area (Å²) in [6, 6.07) is 16.1. The van der Waals surface area contributed by atoms with Crippen LogP contribution < -0.4 is 0 Å². The molecule has 2 aliphatic rings. The number of rotatable bonds is 5. The van der Waals surface area contributed by atoms with E-state index in [9.17, 15) is 9.59 Å². The molecule has 2 heterocycles. The average molecular weight is 411 g/mol. The number of thioether (sulfide) groups is 1. The van der Waals surface area contributed by atoms with Crippen molar-refractivity contribution in [3.63, 3.8) is 0 Å². The summed E-state index contributed by atoms with van der Waals surface area (Å²) in [4.78, 5) is 29.8. The molecule has 152 valence electrons. The van der Waals surface area contributed by atoms with Gasteiger partial charge in [-0.2, -0.15) is 0 Å². The van der Waals surface area contributed by atoms with Gasteiger partial charge in [0.1, 0.15) is 5.25 Å². The molecule has 5 nitrogen and oxygen atoms in total. The molecule has 0 bridgehead atoms. The summed E-state index contributed by atoms with van der Waals surface area (Å²) >= 11 is 1.51. The van der Waals surface area contributed by atoms with Gasteiger partial charge in [0.25, 0.3) is 5.91 Å².